The number of benzene rings is 2. The van der Waals surface area contributed by atoms with E-state index in [2.05, 4.69) is 15.4 Å². The number of rotatable bonds is 6. The third-order valence-corrected chi connectivity index (χ3v) is 4.90. The molecule has 2 aromatic carbocycles. The maximum atomic E-state index is 12.6. The second kappa shape index (κ2) is 7.97. The third kappa shape index (κ3) is 4.09. The van der Waals surface area contributed by atoms with Crippen LogP contribution in [-0.4, -0.2) is 32.3 Å². The molecule has 0 fully saturated rings. The molecule has 2 heterocycles. The topological polar surface area (TPSA) is 74.0 Å². The van der Waals surface area contributed by atoms with Crippen molar-refractivity contribution in [2.75, 3.05) is 12.4 Å². The van der Waals surface area contributed by atoms with Crippen molar-refractivity contribution >= 4 is 34.5 Å². The van der Waals surface area contributed by atoms with Crippen LogP contribution in [0.1, 0.15) is 11.1 Å². The number of fused-ring (bicyclic) bond motifs is 1. The Morgan fingerprint density at radius 2 is 2.03 bits per heavy atom. The van der Waals surface area contributed by atoms with E-state index in [-0.39, 0.29) is 12.3 Å². The standard InChI is InChI=1S/C21H20ClN5O2/c1-26-13-15(20(22)25-26)11-19(28)24-21-23-17-8-3-4-9-18(17)27(21)12-14-6-5-7-16(10-14)29-2/h3-10,13H,11-12H2,1-2H3,(H,23,24,28). The molecule has 8 heteroatoms. The lowest BCUT2D eigenvalue weighted by Crippen LogP contribution is -2.18. The van der Waals surface area contributed by atoms with Crippen molar-refractivity contribution in [1.82, 2.24) is 19.3 Å². The van der Waals surface area contributed by atoms with Crippen LogP contribution in [0.5, 0.6) is 5.75 Å². The van der Waals surface area contributed by atoms with Crippen molar-refractivity contribution in [3.63, 3.8) is 0 Å². The lowest BCUT2D eigenvalue weighted by Gasteiger charge is -2.11. The molecule has 0 aliphatic carbocycles. The number of halogens is 1. The van der Waals surface area contributed by atoms with Gasteiger partial charge in [0.2, 0.25) is 11.9 Å². The van der Waals surface area contributed by atoms with Gasteiger partial charge in [0.25, 0.3) is 0 Å². The summed E-state index contributed by atoms with van der Waals surface area (Å²) in [4.78, 5) is 17.3. The largest absolute Gasteiger partial charge is 0.497 e. The first-order valence-corrected chi connectivity index (χ1v) is 9.47. The van der Waals surface area contributed by atoms with E-state index in [4.69, 9.17) is 16.3 Å². The number of para-hydroxylation sites is 2. The monoisotopic (exact) mass is 409 g/mol. The predicted molar refractivity (Wildman–Crippen MR) is 112 cm³/mol. The molecule has 0 aliphatic heterocycles. The van der Waals surface area contributed by atoms with Gasteiger partial charge in [0.15, 0.2) is 5.15 Å². The van der Waals surface area contributed by atoms with E-state index >= 15 is 0 Å². The highest BCUT2D eigenvalue weighted by molar-refractivity contribution is 6.30. The van der Waals surface area contributed by atoms with Gasteiger partial charge in [-0.25, -0.2) is 4.98 Å². The van der Waals surface area contributed by atoms with E-state index in [1.807, 2.05) is 53.1 Å². The molecule has 0 saturated carbocycles. The number of nitrogens with zero attached hydrogens (tertiary/aromatic N) is 4. The Bertz CT molecular complexity index is 1180. The number of nitrogens with one attached hydrogen (secondary N) is 1. The molecule has 0 saturated heterocycles. The minimum Gasteiger partial charge on any atom is -0.497 e. The number of carbonyl (C=O) groups is 1. The molecular formula is C21H20ClN5O2. The molecule has 29 heavy (non-hydrogen) atoms. The van der Waals surface area contributed by atoms with Crippen molar-refractivity contribution < 1.29 is 9.53 Å². The summed E-state index contributed by atoms with van der Waals surface area (Å²) in [6, 6.07) is 15.6. The first-order valence-electron chi connectivity index (χ1n) is 9.09. The number of carbonyl (C=O) groups excluding carboxylic acids is 1. The van der Waals surface area contributed by atoms with E-state index in [1.54, 1.807) is 25.0 Å². The molecule has 0 atom stereocenters. The van der Waals surface area contributed by atoms with Crippen LogP contribution in [0.3, 0.4) is 0 Å². The molecule has 4 rings (SSSR count). The second-order valence-corrected chi connectivity index (χ2v) is 7.06. The minimum absolute atomic E-state index is 0.120. The minimum atomic E-state index is -0.206. The van der Waals surface area contributed by atoms with Crippen LogP contribution in [0.15, 0.2) is 54.7 Å². The summed E-state index contributed by atoms with van der Waals surface area (Å²) in [5.41, 5.74) is 3.45. The van der Waals surface area contributed by atoms with Gasteiger partial charge < -0.3 is 9.30 Å². The number of imidazole rings is 1. The molecule has 4 aromatic rings. The first kappa shape index (κ1) is 19.0. The predicted octanol–water partition coefficient (Wildman–Crippen LogP) is 3.66. The smallest absolute Gasteiger partial charge is 0.231 e. The summed E-state index contributed by atoms with van der Waals surface area (Å²) in [7, 11) is 3.40. The maximum Gasteiger partial charge on any atom is 0.231 e. The first-order chi connectivity index (χ1) is 14.0. The molecule has 2 aromatic heterocycles. The zero-order valence-electron chi connectivity index (χ0n) is 16.1. The third-order valence-electron chi connectivity index (χ3n) is 4.58. The fourth-order valence-corrected chi connectivity index (χ4v) is 3.49. The van der Waals surface area contributed by atoms with Gasteiger partial charge in [0.05, 0.1) is 31.1 Å². The molecule has 0 aliphatic rings. The Labute approximate surface area is 172 Å². The fourth-order valence-electron chi connectivity index (χ4n) is 3.26. The zero-order chi connectivity index (χ0) is 20.4. The summed E-state index contributed by atoms with van der Waals surface area (Å²) in [5, 5.41) is 7.31. The summed E-state index contributed by atoms with van der Waals surface area (Å²) in [6.45, 7) is 0.543. The van der Waals surface area contributed by atoms with Crippen molar-refractivity contribution in [3.05, 3.63) is 71.0 Å². The highest BCUT2D eigenvalue weighted by Crippen LogP contribution is 2.23. The lowest BCUT2D eigenvalue weighted by atomic mass is 10.2. The van der Waals surface area contributed by atoms with Crippen LogP contribution in [0.4, 0.5) is 5.95 Å². The molecular weight excluding hydrogens is 390 g/mol. The number of aryl methyl sites for hydroxylation is 1. The van der Waals surface area contributed by atoms with Crippen molar-refractivity contribution in [1.29, 1.82) is 0 Å². The number of methoxy groups -OCH3 is 1. The zero-order valence-corrected chi connectivity index (χ0v) is 16.8. The summed E-state index contributed by atoms with van der Waals surface area (Å²) in [5.74, 6) is 1.06. The molecule has 7 nitrogen and oxygen atoms in total. The number of hydrogen-bond donors (Lipinski definition) is 1. The molecule has 0 unspecified atom stereocenters. The van der Waals surface area contributed by atoms with Crippen molar-refractivity contribution in [2.45, 2.75) is 13.0 Å². The quantitative estimate of drug-likeness (QED) is 0.527. The summed E-state index contributed by atoms with van der Waals surface area (Å²) in [6.07, 6.45) is 1.86. The average Bonchev–Trinajstić information content (AvgIpc) is 3.20. The number of anilines is 1. The second-order valence-electron chi connectivity index (χ2n) is 6.71. The fraction of sp³-hybridized carbons (Fsp3) is 0.190. The number of aromatic nitrogens is 4. The Hall–Kier alpha value is -3.32. The van der Waals surface area contributed by atoms with Gasteiger partial charge in [0.1, 0.15) is 5.75 Å². The van der Waals surface area contributed by atoms with Gasteiger partial charge in [-0.1, -0.05) is 35.9 Å². The highest BCUT2D eigenvalue weighted by atomic mass is 35.5. The van der Waals surface area contributed by atoms with Gasteiger partial charge in [-0.15, -0.1) is 0 Å². The van der Waals surface area contributed by atoms with Crippen LogP contribution in [0.2, 0.25) is 5.15 Å². The van der Waals surface area contributed by atoms with E-state index < -0.39 is 0 Å². The molecule has 0 radical (unpaired) electrons. The summed E-state index contributed by atoms with van der Waals surface area (Å²) >= 11 is 6.08. The van der Waals surface area contributed by atoms with Crippen LogP contribution >= 0.6 is 11.6 Å². The van der Waals surface area contributed by atoms with Crippen LogP contribution in [0.25, 0.3) is 11.0 Å². The number of hydrogen-bond acceptors (Lipinski definition) is 4. The number of ether oxygens (including phenoxy) is 1. The molecule has 0 bridgehead atoms. The SMILES string of the molecule is COc1cccc(Cn2c(NC(=O)Cc3cn(C)nc3Cl)nc3ccccc32)c1. The number of amides is 1. The molecule has 1 amide bonds. The normalized spacial score (nSPS) is 11.0. The summed E-state index contributed by atoms with van der Waals surface area (Å²) < 4.78 is 8.89. The lowest BCUT2D eigenvalue weighted by molar-refractivity contribution is -0.115. The van der Waals surface area contributed by atoms with Gasteiger partial charge in [-0.05, 0) is 29.8 Å². The van der Waals surface area contributed by atoms with Gasteiger partial charge in [-0.3, -0.25) is 14.8 Å². The Kier molecular flexibility index (Phi) is 5.22. The van der Waals surface area contributed by atoms with E-state index in [9.17, 15) is 4.79 Å². The van der Waals surface area contributed by atoms with Crippen molar-refractivity contribution in [3.8, 4) is 5.75 Å². The van der Waals surface area contributed by atoms with E-state index in [1.165, 1.54) is 0 Å². The molecule has 148 valence electrons. The highest BCUT2D eigenvalue weighted by Gasteiger charge is 2.16. The Morgan fingerprint density at radius 1 is 1.21 bits per heavy atom. The Morgan fingerprint density at radius 3 is 2.79 bits per heavy atom. The van der Waals surface area contributed by atoms with Crippen molar-refractivity contribution in [2.24, 2.45) is 7.05 Å². The van der Waals surface area contributed by atoms with Crippen LogP contribution in [0, 0.1) is 0 Å². The van der Waals surface area contributed by atoms with Crippen LogP contribution in [-0.2, 0) is 24.8 Å². The maximum absolute atomic E-state index is 12.6. The van der Waals surface area contributed by atoms with Crippen LogP contribution < -0.4 is 10.1 Å². The van der Waals surface area contributed by atoms with E-state index in [0.29, 0.717) is 23.2 Å². The Balaban J connectivity index is 1.64. The molecule has 0 spiro atoms. The van der Waals surface area contributed by atoms with Gasteiger partial charge in [-0.2, -0.15) is 5.10 Å². The van der Waals surface area contributed by atoms with Gasteiger partial charge in [0, 0.05) is 18.8 Å². The molecule has 1 N–H and O–H groups in total. The van der Waals surface area contributed by atoms with Gasteiger partial charge >= 0.3 is 0 Å². The van der Waals surface area contributed by atoms with E-state index in [0.717, 1.165) is 22.3 Å². The average molecular weight is 410 g/mol.